The first-order chi connectivity index (χ1) is 45.8. The van der Waals surface area contributed by atoms with Gasteiger partial charge in [-0.15, -0.1) is 0 Å². The molecule has 9 aliphatic rings. The number of rotatable bonds is 0. The summed E-state index contributed by atoms with van der Waals surface area (Å²) < 4.78 is 65.1. The van der Waals surface area contributed by atoms with Crippen LogP contribution in [-0.2, 0) is 66.3 Å². The van der Waals surface area contributed by atoms with Crippen molar-refractivity contribution in [2.24, 2.45) is 0 Å². The van der Waals surface area contributed by atoms with Crippen molar-refractivity contribution in [2.45, 2.75) is 88.9 Å². The molecule has 6 aromatic carbocycles. The molecule has 4 aromatic heterocycles. The summed E-state index contributed by atoms with van der Waals surface area (Å²) in [5.74, 6) is 4.71. The first kappa shape index (κ1) is 62.5. The van der Waals surface area contributed by atoms with Gasteiger partial charge in [-0.3, -0.25) is 0 Å². The van der Waals surface area contributed by atoms with Crippen LogP contribution in [0.1, 0.15) is 143 Å². The SMILES string of the molecule is CC1(C)c2ccc([nH]2)C2(C)c3ccc(cc3)OCCOc3c4cccc3Cc3cccc5c3OCCOCCOCCOCCOCCOc3c(cccc3Cc3cccc(c3OCCOc3ccc(cc3)C(C)(c3ccc1[nH]3)c1ccc([nH]1)C(C)(C)c1ccc2[nH]1)C5)C4. The zero-order chi connectivity index (χ0) is 64.3. The predicted octanol–water partition coefficient (Wildman–Crippen LogP) is 14.4. The van der Waals surface area contributed by atoms with Gasteiger partial charge in [-0.2, -0.15) is 0 Å². The number of benzene rings is 6. The van der Waals surface area contributed by atoms with E-state index >= 15 is 0 Å². The number of aromatic nitrogens is 4. The molecule has 0 saturated heterocycles. The molecule has 26 bridgehead atoms. The minimum Gasteiger partial charge on any atom is -0.491 e. The van der Waals surface area contributed by atoms with Gasteiger partial charge >= 0.3 is 0 Å². The molecular formula is C80H86N4O10. The molecule has 0 spiro atoms. The first-order valence-electron chi connectivity index (χ1n) is 33.4. The average Bonchev–Trinajstić information content (AvgIpc) is 1.57. The normalized spacial score (nSPS) is 20.3. The van der Waals surface area contributed by atoms with Gasteiger partial charge in [0.05, 0.1) is 63.7 Å². The van der Waals surface area contributed by atoms with Crippen molar-refractivity contribution in [3.8, 4) is 34.5 Å². The minimum atomic E-state index is -0.626. The van der Waals surface area contributed by atoms with Gasteiger partial charge in [0.15, 0.2) is 0 Å². The van der Waals surface area contributed by atoms with Crippen molar-refractivity contribution >= 4 is 0 Å². The van der Waals surface area contributed by atoms with E-state index in [0.717, 1.165) is 136 Å². The standard InChI is InChI=1S/C80H86N4O10/c1-77(2)65-27-31-69(81-65)79(5)61-19-23-63(24-20-61)89-45-47-93-75-57-15-9-16-58(75)50-54-12-8-14-56-52-60-18-10-17-59(51-55-13-7-11-53(49-57)73(55)91-43-41-87-39-37-85-35-36-86-38-40-88-42-44-92-74(54)56)76(60)94-48-46-90-64-25-21-62(22-26-64)80(6,70-32-28-66(77)82-70)72-34-30-68(84-72)78(3,4)67-29-33-71(79)83-67/h7-34,81-84H,35-52H2,1-6H3. The molecule has 19 rings (SSSR count). The lowest BCUT2D eigenvalue weighted by molar-refractivity contribution is -0.00706. The van der Waals surface area contributed by atoms with Crippen LogP contribution in [0.5, 0.6) is 34.5 Å². The fraction of sp³-hybridized carbons (Fsp3) is 0.350. The molecule has 14 heteroatoms. The summed E-state index contributed by atoms with van der Waals surface area (Å²) in [6, 6.07) is 61.0. The maximum absolute atomic E-state index is 7.07. The quantitative estimate of drug-likeness (QED) is 0.115. The van der Waals surface area contributed by atoms with E-state index in [9.17, 15) is 0 Å². The van der Waals surface area contributed by atoms with E-state index < -0.39 is 21.7 Å². The van der Waals surface area contributed by atoms with Crippen LogP contribution in [0.15, 0.2) is 170 Å². The molecule has 0 saturated carbocycles. The molecule has 4 N–H and O–H groups in total. The second kappa shape index (κ2) is 26.8. The van der Waals surface area contributed by atoms with Crippen molar-refractivity contribution in [1.29, 1.82) is 0 Å². The maximum atomic E-state index is 7.07. The lowest BCUT2D eigenvalue weighted by Crippen LogP contribution is -2.29. The summed E-state index contributed by atoms with van der Waals surface area (Å²) in [6.07, 6.45) is 2.13. The molecule has 12 heterocycles. The Morgan fingerprint density at radius 2 is 0.447 bits per heavy atom. The van der Waals surface area contributed by atoms with Gasteiger partial charge in [0.2, 0.25) is 0 Å². The summed E-state index contributed by atoms with van der Waals surface area (Å²) in [6.45, 7) is 19.1. The highest BCUT2D eigenvalue weighted by molar-refractivity contribution is 5.58. The Balaban J connectivity index is 0.894. The van der Waals surface area contributed by atoms with Gasteiger partial charge in [0.25, 0.3) is 0 Å². The summed E-state index contributed by atoms with van der Waals surface area (Å²) in [5, 5.41) is 0. The largest absolute Gasteiger partial charge is 0.491 e. The van der Waals surface area contributed by atoms with Crippen LogP contribution in [0.2, 0.25) is 0 Å². The van der Waals surface area contributed by atoms with Crippen LogP contribution in [0, 0.1) is 0 Å². The van der Waals surface area contributed by atoms with Crippen LogP contribution < -0.4 is 28.4 Å². The highest BCUT2D eigenvalue weighted by Gasteiger charge is 2.41. The van der Waals surface area contributed by atoms with Gasteiger partial charge in [0.1, 0.15) is 74.1 Å². The number of nitrogens with one attached hydrogen (secondary N) is 4. The topological polar surface area (TPSA) is 155 Å². The van der Waals surface area contributed by atoms with E-state index in [4.69, 9.17) is 47.4 Å². The number of hydrogen-bond donors (Lipinski definition) is 4. The predicted molar refractivity (Wildman–Crippen MR) is 365 cm³/mol. The molecule has 94 heavy (non-hydrogen) atoms. The highest BCUT2D eigenvalue weighted by atomic mass is 16.6. The third-order valence-electron chi connectivity index (χ3n) is 20.0. The van der Waals surface area contributed by atoms with Crippen LogP contribution >= 0.6 is 0 Å². The number of H-pyrrole nitrogens is 4. The lowest BCUT2D eigenvalue weighted by Gasteiger charge is -2.32. The zero-order valence-corrected chi connectivity index (χ0v) is 55.0. The Bertz CT molecular complexity index is 3800. The van der Waals surface area contributed by atoms with E-state index in [0.29, 0.717) is 118 Å². The zero-order valence-electron chi connectivity index (χ0n) is 55.0. The number of hydrogen-bond acceptors (Lipinski definition) is 10. The van der Waals surface area contributed by atoms with Crippen molar-refractivity contribution in [1.82, 2.24) is 19.9 Å². The number of aromatic amines is 4. The Labute approximate surface area is 551 Å². The molecule has 14 nitrogen and oxygen atoms in total. The van der Waals surface area contributed by atoms with Crippen LogP contribution in [0.4, 0.5) is 0 Å². The minimum absolute atomic E-state index is 0.291. The monoisotopic (exact) mass is 1260 g/mol. The van der Waals surface area contributed by atoms with Crippen molar-refractivity contribution in [2.75, 3.05) is 92.5 Å². The Hall–Kier alpha value is -8.92. The van der Waals surface area contributed by atoms with E-state index in [-0.39, 0.29) is 0 Å². The highest BCUT2D eigenvalue weighted by Crippen LogP contribution is 2.47. The first-order valence-corrected chi connectivity index (χ1v) is 33.4. The summed E-state index contributed by atoms with van der Waals surface area (Å²) >= 11 is 0. The number of fused-ring (bicyclic) bond motifs is 2. The van der Waals surface area contributed by atoms with E-state index in [2.05, 4.69) is 231 Å². The molecule has 0 atom stereocenters. The number of ether oxygens (including phenoxy) is 10. The van der Waals surface area contributed by atoms with E-state index in [1.165, 1.54) is 0 Å². The molecule has 0 amide bonds. The lowest BCUT2D eigenvalue weighted by atomic mass is 9.76. The third kappa shape index (κ3) is 12.4. The van der Waals surface area contributed by atoms with Crippen LogP contribution in [-0.4, -0.2) is 112 Å². The molecule has 8 aliphatic heterocycles. The van der Waals surface area contributed by atoms with Gasteiger partial charge < -0.3 is 67.3 Å². The Morgan fingerprint density at radius 3 is 0.702 bits per heavy atom. The van der Waals surface area contributed by atoms with Crippen LogP contribution in [0.3, 0.4) is 0 Å². The Kier molecular flexibility index (Phi) is 17.8. The second-order valence-electron chi connectivity index (χ2n) is 26.6. The molecular weight excluding hydrogens is 1180 g/mol. The van der Waals surface area contributed by atoms with Crippen molar-refractivity contribution in [3.05, 3.63) is 271 Å². The number of para-hydroxylation sites is 4. The van der Waals surface area contributed by atoms with Crippen molar-refractivity contribution < 1.29 is 47.4 Å². The van der Waals surface area contributed by atoms with Gasteiger partial charge in [0, 0.05) is 82.1 Å². The molecule has 0 unspecified atom stereocenters. The Morgan fingerprint density at radius 1 is 0.234 bits per heavy atom. The summed E-state index contributed by atoms with van der Waals surface area (Å²) in [7, 11) is 0. The summed E-state index contributed by atoms with van der Waals surface area (Å²) in [4.78, 5) is 16.0. The fourth-order valence-corrected chi connectivity index (χ4v) is 14.2. The van der Waals surface area contributed by atoms with E-state index in [1.54, 1.807) is 0 Å². The second-order valence-corrected chi connectivity index (χ2v) is 26.6. The third-order valence-corrected chi connectivity index (χ3v) is 20.0. The molecule has 0 radical (unpaired) electrons. The fourth-order valence-electron chi connectivity index (χ4n) is 14.2. The van der Waals surface area contributed by atoms with Crippen molar-refractivity contribution in [3.63, 3.8) is 0 Å². The van der Waals surface area contributed by atoms with Crippen LogP contribution in [0.25, 0.3) is 0 Å². The van der Waals surface area contributed by atoms with Gasteiger partial charge in [-0.1, -0.05) is 97.1 Å². The molecule has 10 aromatic rings. The summed E-state index contributed by atoms with van der Waals surface area (Å²) in [5.41, 5.74) is 16.9. The average molecular weight is 1260 g/mol. The smallest absolute Gasteiger partial charge is 0.126 e. The van der Waals surface area contributed by atoms with E-state index in [1.807, 2.05) is 0 Å². The van der Waals surface area contributed by atoms with Gasteiger partial charge in [-0.25, -0.2) is 0 Å². The van der Waals surface area contributed by atoms with Gasteiger partial charge in [-0.05, 0) is 170 Å². The molecule has 0 fully saturated rings. The molecule has 486 valence electrons. The maximum Gasteiger partial charge on any atom is 0.126 e. The molecule has 1 aliphatic carbocycles.